The number of hydrogen-bond acceptors (Lipinski definition) is 4. The van der Waals surface area contributed by atoms with E-state index in [2.05, 4.69) is 15.0 Å². The van der Waals surface area contributed by atoms with Gasteiger partial charge in [0, 0.05) is 18.5 Å². The van der Waals surface area contributed by atoms with Gasteiger partial charge < -0.3 is 10.1 Å². The minimum absolute atomic E-state index is 0.119. The quantitative estimate of drug-likeness (QED) is 0.772. The molecule has 25 heavy (non-hydrogen) atoms. The molecule has 1 N–H and O–H groups in total. The van der Waals surface area contributed by atoms with Crippen molar-refractivity contribution in [1.82, 2.24) is 10.3 Å². The van der Waals surface area contributed by atoms with Crippen LogP contribution in [-0.4, -0.2) is 29.4 Å². The van der Waals surface area contributed by atoms with Crippen molar-refractivity contribution in [2.45, 2.75) is 18.5 Å². The number of alkyl halides is 3. The van der Waals surface area contributed by atoms with E-state index in [0.29, 0.717) is 11.3 Å². The Bertz CT molecular complexity index is 681. The molecule has 0 bridgehead atoms. The Kier molecular flexibility index (Phi) is 7.12. The number of thioether (sulfide) groups is 1. The SMILES string of the molecule is O=C(CSCc1ccccn1)NCc1cccc(OCC(F)(F)F)c1. The van der Waals surface area contributed by atoms with E-state index in [0.717, 1.165) is 5.69 Å². The Morgan fingerprint density at radius 2 is 2.04 bits per heavy atom. The summed E-state index contributed by atoms with van der Waals surface area (Å²) >= 11 is 1.44. The number of nitrogens with one attached hydrogen (secondary N) is 1. The normalized spacial score (nSPS) is 11.2. The van der Waals surface area contributed by atoms with Crippen molar-refractivity contribution >= 4 is 17.7 Å². The maximum atomic E-state index is 12.1. The summed E-state index contributed by atoms with van der Waals surface area (Å²) < 4.78 is 41.1. The number of benzene rings is 1. The van der Waals surface area contributed by atoms with Gasteiger partial charge >= 0.3 is 6.18 Å². The van der Waals surface area contributed by atoms with Gasteiger partial charge in [-0.25, -0.2) is 0 Å². The van der Waals surface area contributed by atoms with Crippen LogP contribution in [0.25, 0.3) is 0 Å². The zero-order valence-electron chi connectivity index (χ0n) is 13.3. The molecule has 0 fully saturated rings. The molecule has 0 saturated heterocycles. The molecule has 1 aromatic heterocycles. The maximum absolute atomic E-state index is 12.1. The highest BCUT2D eigenvalue weighted by Gasteiger charge is 2.28. The van der Waals surface area contributed by atoms with Crippen LogP contribution >= 0.6 is 11.8 Å². The van der Waals surface area contributed by atoms with Gasteiger partial charge in [0.05, 0.1) is 11.4 Å². The van der Waals surface area contributed by atoms with Crippen molar-refractivity contribution in [2.24, 2.45) is 0 Å². The molecule has 0 aliphatic carbocycles. The van der Waals surface area contributed by atoms with Crippen LogP contribution in [-0.2, 0) is 17.1 Å². The lowest BCUT2D eigenvalue weighted by Crippen LogP contribution is -2.24. The Balaban J connectivity index is 1.72. The number of halogens is 3. The summed E-state index contributed by atoms with van der Waals surface area (Å²) in [4.78, 5) is 16.0. The van der Waals surface area contributed by atoms with Gasteiger partial charge in [0.15, 0.2) is 6.61 Å². The third-order valence-electron chi connectivity index (χ3n) is 3.00. The summed E-state index contributed by atoms with van der Waals surface area (Å²) in [6, 6.07) is 11.8. The minimum atomic E-state index is -4.38. The van der Waals surface area contributed by atoms with E-state index in [1.807, 2.05) is 18.2 Å². The van der Waals surface area contributed by atoms with E-state index in [9.17, 15) is 18.0 Å². The van der Waals surface area contributed by atoms with Crippen molar-refractivity contribution in [3.05, 3.63) is 59.9 Å². The van der Waals surface area contributed by atoms with E-state index >= 15 is 0 Å². The number of carbonyl (C=O) groups excluding carboxylic acids is 1. The van der Waals surface area contributed by atoms with Gasteiger partial charge in [-0.05, 0) is 29.8 Å². The molecule has 0 unspecified atom stereocenters. The fraction of sp³-hybridized carbons (Fsp3) is 0.294. The first kappa shape index (κ1) is 19.1. The number of carbonyl (C=O) groups is 1. The van der Waals surface area contributed by atoms with Gasteiger partial charge in [-0.3, -0.25) is 9.78 Å². The van der Waals surface area contributed by atoms with E-state index in [4.69, 9.17) is 0 Å². The van der Waals surface area contributed by atoms with Gasteiger partial charge in [0.25, 0.3) is 0 Å². The highest BCUT2D eigenvalue weighted by molar-refractivity contribution is 7.99. The summed E-state index contributed by atoms with van der Waals surface area (Å²) in [7, 11) is 0. The predicted octanol–water partition coefficient (Wildman–Crippen LogP) is 3.57. The molecule has 0 aliphatic heterocycles. The smallest absolute Gasteiger partial charge is 0.422 e. The van der Waals surface area contributed by atoms with Gasteiger partial charge in [-0.15, -0.1) is 11.8 Å². The molecule has 1 heterocycles. The zero-order chi connectivity index (χ0) is 18.1. The largest absolute Gasteiger partial charge is 0.484 e. The Morgan fingerprint density at radius 3 is 2.76 bits per heavy atom. The van der Waals surface area contributed by atoms with Gasteiger partial charge in [-0.1, -0.05) is 18.2 Å². The number of rotatable bonds is 8. The monoisotopic (exact) mass is 370 g/mol. The fourth-order valence-corrected chi connectivity index (χ4v) is 2.66. The Morgan fingerprint density at radius 1 is 1.20 bits per heavy atom. The van der Waals surface area contributed by atoms with Gasteiger partial charge in [0.2, 0.25) is 5.91 Å². The molecular weight excluding hydrogens is 353 g/mol. The molecule has 134 valence electrons. The first-order chi connectivity index (χ1) is 11.9. The second-order valence-corrected chi connectivity index (χ2v) is 6.13. The third kappa shape index (κ3) is 7.93. The van der Waals surface area contributed by atoms with Crippen molar-refractivity contribution < 1.29 is 22.7 Å². The fourth-order valence-electron chi connectivity index (χ4n) is 1.89. The number of ether oxygens (including phenoxy) is 1. The molecule has 0 spiro atoms. The molecule has 1 amide bonds. The third-order valence-corrected chi connectivity index (χ3v) is 3.97. The lowest BCUT2D eigenvalue weighted by molar-refractivity contribution is -0.153. The lowest BCUT2D eigenvalue weighted by Gasteiger charge is -2.10. The average molecular weight is 370 g/mol. The van der Waals surface area contributed by atoms with Crippen LogP contribution in [0.4, 0.5) is 13.2 Å². The van der Waals surface area contributed by atoms with Crippen LogP contribution in [0.3, 0.4) is 0 Å². The molecule has 0 atom stereocenters. The maximum Gasteiger partial charge on any atom is 0.422 e. The van der Waals surface area contributed by atoms with E-state index in [1.54, 1.807) is 18.3 Å². The molecule has 8 heteroatoms. The molecule has 1 aromatic carbocycles. The van der Waals surface area contributed by atoms with Gasteiger partial charge in [-0.2, -0.15) is 13.2 Å². The molecule has 4 nitrogen and oxygen atoms in total. The van der Waals surface area contributed by atoms with Crippen LogP contribution in [0.5, 0.6) is 5.75 Å². The molecular formula is C17H17F3N2O2S. The molecule has 0 radical (unpaired) electrons. The minimum Gasteiger partial charge on any atom is -0.484 e. The van der Waals surface area contributed by atoms with Crippen molar-refractivity contribution in [2.75, 3.05) is 12.4 Å². The average Bonchev–Trinajstić information content (AvgIpc) is 2.59. The number of aromatic nitrogens is 1. The Hall–Kier alpha value is -2.22. The van der Waals surface area contributed by atoms with Crippen LogP contribution in [0.1, 0.15) is 11.3 Å². The number of amides is 1. The number of pyridine rings is 1. The van der Waals surface area contributed by atoms with Crippen molar-refractivity contribution in [3.63, 3.8) is 0 Å². The van der Waals surface area contributed by atoms with Crippen LogP contribution in [0, 0.1) is 0 Å². The van der Waals surface area contributed by atoms with E-state index in [1.165, 1.54) is 23.9 Å². The molecule has 2 rings (SSSR count). The second-order valence-electron chi connectivity index (χ2n) is 5.14. The summed E-state index contributed by atoms with van der Waals surface area (Å²) in [5.41, 5.74) is 1.57. The highest BCUT2D eigenvalue weighted by Crippen LogP contribution is 2.19. The topological polar surface area (TPSA) is 51.2 Å². The van der Waals surface area contributed by atoms with Crippen molar-refractivity contribution in [1.29, 1.82) is 0 Å². The number of nitrogens with zero attached hydrogens (tertiary/aromatic N) is 1. The summed E-state index contributed by atoms with van der Waals surface area (Å²) in [6.07, 6.45) is -2.68. The zero-order valence-corrected chi connectivity index (χ0v) is 14.1. The standard InChI is InChI=1S/C17H17F3N2O2S/c18-17(19,20)12-24-15-6-3-4-13(8-15)9-22-16(23)11-25-10-14-5-1-2-7-21-14/h1-8H,9-12H2,(H,22,23). The molecule has 0 saturated carbocycles. The first-order valence-corrected chi connectivity index (χ1v) is 8.61. The Labute approximate surface area is 147 Å². The van der Waals surface area contributed by atoms with E-state index in [-0.39, 0.29) is 24.0 Å². The second kappa shape index (κ2) is 9.31. The predicted molar refractivity (Wildman–Crippen MR) is 90.2 cm³/mol. The van der Waals surface area contributed by atoms with Crippen LogP contribution < -0.4 is 10.1 Å². The van der Waals surface area contributed by atoms with Gasteiger partial charge in [0.1, 0.15) is 5.75 Å². The summed E-state index contributed by atoms with van der Waals surface area (Å²) in [6.45, 7) is -1.11. The highest BCUT2D eigenvalue weighted by atomic mass is 32.2. The first-order valence-electron chi connectivity index (χ1n) is 7.45. The molecule has 0 aliphatic rings. The molecule has 2 aromatic rings. The van der Waals surface area contributed by atoms with Crippen molar-refractivity contribution in [3.8, 4) is 5.75 Å². The lowest BCUT2D eigenvalue weighted by atomic mass is 10.2. The number of hydrogen-bond donors (Lipinski definition) is 1. The van der Waals surface area contributed by atoms with Crippen LogP contribution in [0.2, 0.25) is 0 Å². The van der Waals surface area contributed by atoms with E-state index < -0.39 is 12.8 Å². The summed E-state index contributed by atoms with van der Waals surface area (Å²) in [5.74, 6) is 0.881. The summed E-state index contributed by atoms with van der Waals surface area (Å²) in [5, 5.41) is 2.73. The van der Waals surface area contributed by atoms with Crippen LogP contribution in [0.15, 0.2) is 48.7 Å².